The smallest absolute Gasteiger partial charge is 0.261 e. The number of ether oxygens (including phenoxy) is 1. The number of hydrogen-bond donors (Lipinski definition) is 3. The summed E-state index contributed by atoms with van der Waals surface area (Å²) in [5, 5.41) is 24.6. The maximum absolute atomic E-state index is 12.8. The number of hydrogen-bond acceptors (Lipinski definition) is 5. The van der Waals surface area contributed by atoms with E-state index in [1.165, 1.54) is 11.3 Å². The number of thiophene rings is 1. The predicted molar refractivity (Wildman–Crippen MR) is 105 cm³/mol. The molecule has 1 aliphatic carbocycles. The molecule has 2 aromatic carbocycles. The van der Waals surface area contributed by atoms with E-state index in [0.717, 1.165) is 21.4 Å². The highest BCUT2D eigenvalue weighted by Crippen LogP contribution is 2.36. The second-order valence-electron chi connectivity index (χ2n) is 6.82. The number of aliphatic hydroxyl groups is 2. The SMILES string of the molecule is COc1ccc(C2CC(O)C(O)C2NC(=O)c2cc3ccccc3s2)cc1. The number of carbonyl (C=O) groups excluding carboxylic acids is 1. The Morgan fingerprint density at radius 3 is 2.59 bits per heavy atom. The highest BCUT2D eigenvalue weighted by molar-refractivity contribution is 7.20. The zero-order valence-corrected chi connectivity index (χ0v) is 15.6. The minimum absolute atomic E-state index is 0.167. The van der Waals surface area contributed by atoms with Crippen LogP contribution in [-0.2, 0) is 0 Å². The molecule has 1 heterocycles. The molecule has 1 aromatic heterocycles. The fourth-order valence-corrected chi connectivity index (χ4v) is 4.69. The van der Waals surface area contributed by atoms with Crippen LogP contribution in [0, 0.1) is 0 Å². The van der Waals surface area contributed by atoms with Crippen LogP contribution in [0.5, 0.6) is 5.75 Å². The lowest BCUT2D eigenvalue weighted by Crippen LogP contribution is -2.45. The van der Waals surface area contributed by atoms with Crippen molar-refractivity contribution in [3.8, 4) is 5.75 Å². The molecule has 1 amide bonds. The Balaban J connectivity index is 1.57. The number of benzene rings is 2. The van der Waals surface area contributed by atoms with E-state index in [1.54, 1.807) is 7.11 Å². The summed E-state index contributed by atoms with van der Waals surface area (Å²) in [5.74, 6) is 0.343. The van der Waals surface area contributed by atoms with E-state index in [0.29, 0.717) is 11.3 Å². The molecule has 5 nitrogen and oxygen atoms in total. The van der Waals surface area contributed by atoms with Crippen molar-refractivity contribution in [3.05, 3.63) is 65.0 Å². The summed E-state index contributed by atoms with van der Waals surface area (Å²) in [6.45, 7) is 0. The standard InChI is InChI=1S/C21H21NO4S/c1-26-14-8-6-12(7-9-14)15-11-16(23)20(24)19(15)22-21(25)18-10-13-4-2-3-5-17(13)27-18/h2-10,15-16,19-20,23-24H,11H2,1H3,(H,22,25). The van der Waals surface area contributed by atoms with Gasteiger partial charge in [0.15, 0.2) is 0 Å². The summed E-state index contributed by atoms with van der Waals surface area (Å²) in [4.78, 5) is 13.4. The lowest BCUT2D eigenvalue weighted by Gasteiger charge is -2.23. The van der Waals surface area contributed by atoms with Crippen molar-refractivity contribution >= 4 is 27.3 Å². The number of rotatable bonds is 4. The zero-order valence-electron chi connectivity index (χ0n) is 14.8. The molecule has 0 saturated heterocycles. The van der Waals surface area contributed by atoms with E-state index in [-0.39, 0.29) is 11.8 Å². The van der Waals surface area contributed by atoms with Crippen molar-refractivity contribution in [2.75, 3.05) is 7.11 Å². The van der Waals surface area contributed by atoms with E-state index < -0.39 is 18.2 Å². The van der Waals surface area contributed by atoms with Gasteiger partial charge in [-0.05, 0) is 41.6 Å². The summed E-state index contributed by atoms with van der Waals surface area (Å²) < 4.78 is 6.23. The molecule has 4 unspecified atom stereocenters. The van der Waals surface area contributed by atoms with Crippen molar-refractivity contribution in [1.29, 1.82) is 0 Å². The molecular weight excluding hydrogens is 362 g/mol. The molecule has 27 heavy (non-hydrogen) atoms. The largest absolute Gasteiger partial charge is 0.497 e. The third-order valence-electron chi connectivity index (χ3n) is 5.18. The summed E-state index contributed by atoms with van der Waals surface area (Å²) >= 11 is 1.42. The Labute approximate surface area is 161 Å². The first-order valence-corrected chi connectivity index (χ1v) is 9.68. The molecule has 1 fully saturated rings. The predicted octanol–water partition coefficient (Wildman–Crippen LogP) is 2.92. The Kier molecular flexibility index (Phi) is 4.86. The van der Waals surface area contributed by atoms with Crippen molar-refractivity contribution in [2.45, 2.75) is 30.6 Å². The van der Waals surface area contributed by atoms with Gasteiger partial charge in [-0.3, -0.25) is 4.79 Å². The number of nitrogens with one attached hydrogen (secondary N) is 1. The molecule has 3 N–H and O–H groups in total. The van der Waals surface area contributed by atoms with Crippen LogP contribution < -0.4 is 10.1 Å². The lowest BCUT2D eigenvalue weighted by molar-refractivity contribution is 0.0295. The van der Waals surface area contributed by atoms with Gasteiger partial charge in [0, 0.05) is 10.6 Å². The monoisotopic (exact) mass is 383 g/mol. The topological polar surface area (TPSA) is 78.8 Å². The normalized spacial score (nSPS) is 24.9. The minimum Gasteiger partial charge on any atom is -0.497 e. The van der Waals surface area contributed by atoms with Gasteiger partial charge in [-0.15, -0.1) is 11.3 Å². The van der Waals surface area contributed by atoms with Crippen molar-refractivity contribution < 1.29 is 19.7 Å². The minimum atomic E-state index is -1.00. The van der Waals surface area contributed by atoms with Crippen LogP contribution in [0.25, 0.3) is 10.1 Å². The van der Waals surface area contributed by atoms with Crippen molar-refractivity contribution in [3.63, 3.8) is 0 Å². The fourth-order valence-electron chi connectivity index (χ4n) is 3.72. The number of fused-ring (bicyclic) bond motifs is 1. The van der Waals surface area contributed by atoms with E-state index >= 15 is 0 Å². The Morgan fingerprint density at radius 2 is 1.89 bits per heavy atom. The number of aliphatic hydroxyl groups excluding tert-OH is 2. The number of amides is 1. The summed E-state index contributed by atoms with van der Waals surface area (Å²) in [6, 6.07) is 16.6. The first kappa shape index (κ1) is 18.0. The van der Waals surface area contributed by atoms with Gasteiger partial charge in [-0.25, -0.2) is 0 Å². The van der Waals surface area contributed by atoms with Gasteiger partial charge in [0.2, 0.25) is 0 Å². The highest BCUT2D eigenvalue weighted by atomic mass is 32.1. The second-order valence-corrected chi connectivity index (χ2v) is 7.90. The van der Waals surface area contributed by atoms with Gasteiger partial charge in [-0.1, -0.05) is 30.3 Å². The van der Waals surface area contributed by atoms with E-state index in [4.69, 9.17) is 4.74 Å². The average Bonchev–Trinajstić information content (AvgIpc) is 3.25. The number of methoxy groups -OCH3 is 1. The Bertz CT molecular complexity index is 919. The highest BCUT2D eigenvalue weighted by Gasteiger charge is 2.43. The van der Waals surface area contributed by atoms with Gasteiger partial charge in [0.05, 0.1) is 24.1 Å². The van der Waals surface area contributed by atoms with Crippen molar-refractivity contribution in [2.24, 2.45) is 0 Å². The fraction of sp³-hybridized carbons (Fsp3) is 0.286. The molecule has 0 bridgehead atoms. The van der Waals surface area contributed by atoms with Gasteiger partial charge in [0.25, 0.3) is 5.91 Å². The van der Waals surface area contributed by atoms with Crippen LogP contribution in [0.3, 0.4) is 0 Å². The molecule has 4 atom stereocenters. The Hall–Kier alpha value is -2.41. The van der Waals surface area contributed by atoms with Crippen LogP contribution in [0.4, 0.5) is 0 Å². The molecule has 140 valence electrons. The van der Waals surface area contributed by atoms with E-state index in [2.05, 4.69) is 5.32 Å². The molecule has 3 aromatic rings. The van der Waals surface area contributed by atoms with Crippen LogP contribution in [0.1, 0.15) is 27.6 Å². The van der Waals surface area contributed by atoms with Crippen LogP contribution in [0.15, 0.2) is 54.6 Å². The molecular formula is C21H21NO4S. The third-order valence-corrected chi connectivity index (χ3v) is 6.30. The third kappa shape index (κ3) is 3.43. The molecule has 4 rings (SSSR count). The quantitative estimate of drug-likeness (QED) is 0.647. The van der Waals surface area contributed by atoms with Crippen LogP contribution in [-0.4, -0.2) is 41.5 Å². The Morgan fingerprint density at radius 1 is 1.15 bits per heavy atom. The summed E-state index contributed by atoms with van der Waals surface area (Å²) in [6.07, 6.45) is -1.48. The van der Waals surface area contributed by atoms with Gasteiger partial charge in [-0.2, -0.15) is 0 Å². The number of carbonyl (C=O) groups is 1. The van der Waals surface area contributed by atoms with Crippen LogP contribution >= 0.6 is 11.3 Å². The first-order chi connectivity index (χ1) is 13.1. The maximum atomic E-state index is 12.8. The maximum Gasteiger partial charge on any atom is 0.261 e. The summed E-state index contributed by atoms with van der Waals surface area (Å²) in [7, 11) is 1.60. The zero-order chi connectivity index (χ0) is 19.0. The first-order valence-electron chi connectivity index (χ1n) is 8.86. The average molecular weight is 383 g/mol. The second kappa shape index (κ2) is 7.31. The van der Waals surface area contributed by atoms with E-state index in [9.17, 15) is 15.0 Å². The van der Waals surface area contributed by atoms with E-state index in [1.807, 2.05) is 54.6 Å². The molecule has 0 radical (unpaired) electrons. The van der Waals surface area contributed by atoms with Gasteiger partial charge in [0.1, 0.15) is 11.9 Å². The summed E-state index contributed by atoms with van der Waals surface area (Å²) in [5.41, 5.74) is 0.952. The van der Waals surface area contributed by atoms with Gasteiger partial charge >= 0.3 is 0 Å². The molecule has 1 saturated carbocycles. The lowest BCUT2D eigenvalue weighted by atomic mass is 9.93. The van der Waals surface area contributed by atoms with Gasteiger partial charge < -0.3 is 20.3 Å². The molecule has 0 aliphatic heterocycles. The molecule has 6 heteroatoms. The molecule has 0 spiro atoms. The van der Waals surface area contributed by atoms with Crippen molar-refractivity contribution in [1.82, 2.24) is 5.32 Å². The molecule has 1 aliphatic rings. The van der Waals surface area contributed by atoms with Crippen LogP contribution in [0.2, 0.25) is 0 Å².